The van der Waals surface area contributed by atoms with Gasteiger partial charge in [0, 0.05) is 34.8 Å². The van der Waals surface area contributed by atoms with Gasteiger partial charge in [0.2, 0.25) is 0 Å². The Kier molecular flexibility index (Phi) is 4.72. The number of aromatic nitrogens is 1. The predicted molar refractivity (Wildman–Crippen MR) is 106 cm³/mol. The van der Waals surface area contributed by atoms with Crippen LogP contribution in [-0.2, 0) is 16.1 Å². The van der Waals surface area contributed by atoms with E-state index >= 15 is 0 Å². The van der Waals surface area contributed by atoms with E-state index in [1.54, 1.807) is 6.07 Å². The van der Waals surface area contributed by atoms with Gasteiger partial charge < -0.3 is 14.4 Å². The van der Waals surface area contributed by atoms with Gasteiger partial charge in [-0.05, 0) is 23.8 Å². The highest BCUT2D eigenvalue weighted by Crippen LogP contribution is 2.37. The Hall–Kier alpha value is -2.27. The summed E-state index contributed by atoms with van der Waals surface area (Å²) in [5.74, 6) is -0.889. The fourth-order valence-electron chi connectivity index (χ4n) is 3.48. The van der Waals surface area contributed by atoms with Gasteiger partial charge in [-0.25, -0.2) is 4.79 Å². The quantitative estimate of drug-likeness (QED) is 0.506. The number of hydrogen-bond acceptors (Lipinski definition) is 3. The van der Waals surface area contributed by atoms with Crippen LogP contribution in [0.5, 0.6) is 0 Å². The minimum Gasteiger partial charge on any atom is -0.462 e. The smallest absolute Gasteiger partial charge is 0.333 e. The van der Waals surface area contributed by atoms with Gasteiger partial charge in [0.1, 0.15) is 6.61 Å². The van der Waals surface area contributed by atoms with Crippen molar-refractivity contribution in [1.82, 2.24) is 4.57 Å². The molecule has 0 amide bonds. The first-order valence-electron chi connectivity index (χ1n) is 8.51. The maximum Gasteiger partial charge on any atom is 0.333 e. The molecule has 2 heterocycles. The predicted octanol–water partition coefficient (Wildman–Crippen LogP) is 4.76. The summed E-state index contributed by atoms with van der Waals surface area (Å²) < 4.78 is 7.08. The van der Waals surface area contributed by atoms with Crippen LogP contribution in [0.25, 0.3) is 10.9 Å². The zero-order valence-corrected chi connectivity index (χ0v) is 15.9. The lowest BCUT2D eigenvalue weighted by Gasteiger charge is -2.15. The fourth-order valence-corrected chi connectivity index (χ4v) is 3.81. The highest BCUT2D eigenvalue weighted by Gasteiger charge is 2.36. The average Bonchev–Trinajstić information content (AvgIpc) is 3.19. The van der Waals surface area contributed by atoms with Gasteiger partial charge in [0.25, 0.3) is 0 Å². The first-order valence-corrected chi connectivity index (χ1v) is 9.27. The number of cyclic esters (lactones) is 1. The number of hydrogen-bond donors (Lipinski definition) is 1. The molecule has 1 aromatic heterocycles. The first-order chi connectivity index (χ1) is 13.0. The van der Waals surface area contributed by atoms with Crippen LogP contribution >= 0.6 is 23.2 Å². The number of aliphatic hydroxyl groups excluding tert-OH is 1. The summed E-state index contributed by atoms with van der Waals surface area (Å²) in [5, 5.41) is 12.9. The monoisotopic (exact) mass is 401 g/mol. The Morgan fingerprint density at radius 3 is 2.70 bits per heavy atom. The second-order valence-corrected chi connectivity index (χ2v) is 7.47. The van der Waals surface area contributed by atoms with Crippen LogP contribution in [0, 0.1) is 5.92 Å². The van der Waals surface area contributed by atoms with Crippen molar-refractivity contribution in [3.63, 3.8) is 0 Å². The molecular weight excluding hydrogens is 385 g/mol. The van der Waals surface area contributed by atoms with E-state index in [9.17, 15) is 9.90 Å². The van der Waals surface area contributed by atoms with Crippen LogP contribution in [0.1, 0.15) is 17.2 Å². The molecule has 1 aliphatic rings. The van der Waals surface area contributed by atoms with Gasteiger partial charge in [0.05, 0.1) is 22.1 Å². The number of carbonyl (C=O) groups excluding carboxylic acids is 1. The molecule has 2 aromatic carbocycles. The summed E-state index contributed by atoms with van der Waals surface area (Å²) in [6, 6.07) is 13.3. The molecule has 0 aliphatic carbocycles. The Morgan fingerprint density at radius 2 is 2.00 bits per heavy atom. The molecule has 0 radical (unpaired) electrons. The Morgan fingerprint density at radius 1 is 1.22 bits per heavy atom. The molecule has 0 bridgehead atoms. The molecule has 0 spiro atoms. The molecule has 2 atom stereocenters. The van der Waals surface area contributed by atoms with Crippen LogP contribution in [0.4, 0.5) is 0 Å². The molecule has 1 N–H and O–H groups in total. The second-order valence-electron chi connectivity index (χ2n) is 6.65. The summed E-state index contributed by atoms with van der Waals surface area (Å²) in [6.07, 6.45) is 1.04. The van der Waals surface area contributed by atoms with E-state index in [-0.39, 0.29) is 6.61 Å². The van der Waals surface area contributed by atoms with Crippen LogP contribution < -0.4 is 0 Å². The van der Waals surface area contributed by atoms with Crippen molar-refractivity contribution in [2.45, 2.75) is 12.6 Å². The van der Waals surface area contributed by atoms with E-state index in [2.05, 4.69) is 6.58 Å². The number of aliphatic hydroxyl groups is 1. The van der Waals surface area contributed by atoms with Gasteiger partial charge in [0.15, 0.2) is 0 Å². The van der Waals surface area contributed by atoms with Crippen LogP contribution in [-0.4, -0.2) is 22.2 Å². The number of rotatable bonds is 4. The average molecular weight is 402 g/mol. The highest BCUT2D eigenvalue weighted by molar-refractivity contribution is 6.42. The number of fused-ring (bicyclic) bond motifs is 1. The molecule has 4 rings (SSSR count). The molecule has 1 saturated heterocycles. The zero-order valence-electron chi connectivity index (χ0n) is 14.4. The topological polar surface area (TPSA) is 51.5 Å². The molecule has 1 fully saturated rings. The van der Waals surface area contributed by atoms with Gasteiger partial charge >= 0.3 is 5.97 Å². The van der Waals surface area contributed by atoms with Crippen molar-refractivity contribution in [2.24, 2.45) is 5.92 Å². The Bertz CT molecular complexity index is 1060. The minimum atomic E-state index is -0.871. The summed E-state index contributed by atoms with van der Waals surface area (Å²) in [5.41, 5.74) is 3.03. The molecule has 138 valence electrons. The largest absolute Gasteiger partial charge is 0.462 e. The van der Waals surface area contributed by atoms with Gasteiger partial charge in [-0.1, -0.05) is 54.0 Å². The molecule has 0 saturated carbocycles. The van der Waals surface area contributed by atoms with E-state index in [0.29, 0.717) is 22.2 Å². The van der Waals surface area contributed by atoms with Crippen molar-refractivity contribution in [1.29, 1.82) is 0 Å². The van der Waals surface area contributed by atoms with E-state index in [1.807, 2.05) is 47.2 Å². The molecule has 4 nitrogen and oxygen atoms in total. The third kappa shape index (κ3) is 3.25. The summed E-state index contributed by atoms with van der Waals surface area (Å²) in [4.78, 5) is 11.6. The lowest BCUT2D eigenvalue weighted by Crippen LogP contribution is -2.14. The van der Waals surface area contributed by atoms with Crippen molar-refractivity contribution in [3.05, 3.63) is 82.0 Å². The third-order valence-corrected chi connectivity index (χ3v) is 5.70. The lowest BCUT2D eigenvalue weighted by atomic mass is 9.92. The van der Waals surface area contributed by atoms with Crippen LogP contribution in [0.15, 0.2) is 60.8 Å². The number of benzene rings is 2. The van der Waals surface area contributed by atoms with Gasteiger partial charge in [-0.2, -0.15) is 0 Å². The zero-order chi connectivity index (χ0) is 19.1. The Labute approximate surface area is 166 Å². The normalized spacial score (nSPS) is 18.1. The van der Waals surface area contributed by atoms with E-state index in [4.69, 9.17) is 27.9 Å². The number of carbonyl (C=O) groups is 1. The van der Waals surface area contributed by atoms with Gasteiger partial charge in [-0.15, -0.1) is 0 Å². The molecule has 2 unspecified atom stereocenters. The van der Waals surface area contributed by atoms with E-state index in [1.165, 1.54) is 0 Å². The van der Waals surface area contributed by atoms with Crippen LogP contribution in [0.2, 0.25) is 10.0 Å². The number of halogens is 2. The number of nitrogens with zero attached hydrogens (tertiary/aromatic N) is 1. The summed E-state index contributed by atoms with van der Waals surface area (Å²) in [7, 11) is 0. The second kappa shape index (κ2) is 7.04. The van der Waals surface area contributed by atoms with E-state index < -0.39 is 18.0 Å². The molecule has 3 aromatic rings. The standard InChI is InChI=1S/C21H17Cl2NO3/c1-12-16(11-27-21(12)26)20(25)15-10-24(19-5-3-2-4-14(15)19)9-13-6-7-17(22)18(23)8-13/h2-8,10,16,20,25H,1,9,11H2. The highest BCUT2D eigenvalue weighted by atomic mass is 35.5. The first kappa shape index (κ1) is 18.1. The number of ether oxygens (including phenoxy) is 1. The minimum absolute atomic E-state index is 0.144. The van der Waals surface area contributed by atoms with Crippen LogP contribution in [0.3, 0.4) is 0 Å². The van der Waals surface area contributed by atoms with Gasteiger partial charge in [-0.3, -0.25) is 0 Å². The summed E-state index contributed by atoms with van der Waals surface area (Å²) >= 11 is 12.1. The Balaban J connectivity index is 1.73. The molecule has 27 heavy (non-hydrogen) atoms. The van der Waals surface area contributed by atoms with Crippen molar-refractivity contribution in [2.75, 3.05) is 6.61 Å². The fraction of sp³-hybridized carbons (Fsp3) is 0.190. The van der Waals surface area contributed by atoms with Crippen molar-refractivity contribution < 1.29 is 14.6 Å². The molecule has 1 aliphatic heterocycles. The lowest BCUT2D eigenvalue weighted by molar-refractivity contribution is -0.135. The SMILES string of the molecule is C=C1C(=O)OCC1C(O)c1cn(Cc2ccc(Cl)c(Cl)c2)c2ccccc12. The van der Waals surface area contributed by atoms with Crippen molar-refractivity contribution in [3.8, 4) is 0 Å². The molecular formula is C21H17Cl2NO3. The van der Waals surface area contributed by atoms with Crippen molar-refractivity contribution >= 4 is 40.1 Å². The van der Waals surface area contributed by atoms with E-state index in [0.717, 1.165) is 22.0 Å². The molecule has 6 heteroatoms. The number of para-hydroxylation sites is 1. The maximum absolute atomic E-state index is 11.6. The maximum atomic E-state index is 11.6. The summed E-state index contributed by atoms with van der Waals surface area (Å²) in [6.45, 7) is 4.49. The third-order valence-electron chi connectivity index (χ3n) is 4.96. The number of esters is 1.